The average Bonchev–Trinajstić information content (AvgIpc) is 2.97. The van der Waals surface area contributed by atoms with Crippen LogP contribution < -0.4 is 5.32 Å². The molecule has 0 aliphatic heterocycles. The Balaban J connectivity index is 2.08. The smallest absolute Gasteiger partial charge is 0.333 e. The van der Waals surface area contributed by atoms with Gasteiger partial charge in [-0.15, -0.1) is 11.3 Å². The molecular formula is C15H13N3O2S. The zero-order chi connectivity index (χ0) is 14.9. The topological polar surface area (TPSA) is 75.1 Å². The SMILES string of the molecule is CC(Nc1ncnc2sccc12)(C(=O)O)c1ccccc1. The lowest BCUT2D eigenvalue weighted by atomic mass is 9.92. The van der Waals surface area contributed by atoms with Gasteiger partial charge in [0, 0.05) is 0 Å². The van der Waals surface area contributed by atoms with Gasteiger partial charge in [0.2, 0.25) is 0 Å². The van der Waals surface area contributed by atoms with E-state index in [4.69, 9.17) is 0 Å². The summed E-state index contributed by atoms with van der Waals surface area (Å²) in [6.07, 6.45) is 1.44. The fraction of sp³-hybridized carbons (Fsp3) is 0.133. The number of carboxylic acid groups (broad SMARTS) is 1. The minimum Gasteiger partial charge on any atom is -0.479 e. The number of aromatic nitrogens is 2. The third-order valence-corrected chi connectivity index (χ3v) is 4.23. The van der Waals surface area contributed by atoms with Crippen molar-refractivity contribution in [3.05, 3.63) is 53.7 Å². The molecular weight excluding hydrogens is 286 g/mol. The summed E-state index contributed by atoms with van der Waals surface area (Å²) in [7, 11) is 0. The number of hydrogen-bond donors (Lipinski definition) is 2. The van der Waals surface area contributed by atoms with Crippen LogP contribution in [0, 0.1) is 0 Å². The normalized spacial score (nSPS) is 13.8. The van der Waals surface area contributed by atoms with Crippen LogP contribution in [-0.2, 0) is 10.3 Å². The number of hydrogen-bond acceptors (Lipinski definition) is 5. The van der Waals surface area contributed by atoms with Gasteiger partial charge in [-0.05, 0) is 23.9 Å². The predicted octanol–water partition coefficient (Wildman–Crippen LogP) is 3.10. The summed E-state index contributed by atoms with van der Waals surface area (Å²) in [6.45, 7) is 1.63. The van der Waals surface area contributed by atoms with Crippen LogP contribution in [0.3, 0.4) is 0 Å². The molecule has 0 saturated carbocycles. The van der Waals surface area contributed by atoms with E-state index in [-0.39, 0.29) is 0 Å². The van der Waals surface area contributed by atoms with Gasteiger partial charge in [-0.2, -0.15) is 0 Å². The molecule has 2 heterocycles. The third-order valence-electron chi connectivity index (χ3n) is 3.41. The van der Waals surface area contributed by atoms with Crippen molar-refractivity contribution >= 4 is 33.3 Å². The average molecular weight is 299 g/mol. The fourth-order valence-electron chi connectivity index (χ4n) is 2.15. The minimum atomic E-state index is -1.26. The van der Waals surface area contributed by atoms with E-state index in [2.05, 4.69) is 15.3 Å². The Labute approximate surface area is 125 Å². The monoisotopic (exact) mass is 299 g/mol. The zero-order valence-corrected chi connectivity index (χ0v) is 12.1. The van der Waals surface area contributed by atoms with E-state index in [1.54, 1.807) is 19.1 Å². The Morgan fingerprint density at radius 2 is 2.00 bits per heavy atom. The van der Waals surface area contributed by atoms with Crippen LogP contribution in [0.2, 0.25) is 0 Å². The van der Waals surface area contributed by atoms with E-state index >= 15 is 0 Å². The molecule has 21 heavy (non-hydrogen) atoms. The van der Waals surface area contributed by atoms with Crippen molar-refractivity contribution in [2.75, 3.05) is 5.32 Å². The molecule has 0 fully saturated rings. The van der Waals surface area contributed by atoms with Crippen LogP contribution in [-0.4, -0.2) is 21.0 Å². The molecule has 0 radical (unpaired) electrons. The minimum absolute atomic E-state index is 0.523. The van der Waals surface area contributed by atoms with Gasteiger partial charge >= 0.3 is 5.97 Å². The number of anilines is 1. The second-order valence-corrected chi connectivity index (χ2v) is 5.68. The van der Waals surface area contributed by atoms with Crippen LogP contribution in [0.25, 0.3) is 10.2 Å². The summed E-state index contributed by atoms with van der Waals surface area (Å²) in [5, 5.41) is 15.5. The highest BCUT2D eigenvalue weighted by Gasteiger charge is 2.35. The fourth-order valence-corrected chi connectivity index (χ4v) is 2.88. The Morgan fingerprint density at radius 3 is 2.71 bits per heavy atom. The van der Waals surface area contributed by atoms with Crippen LogP contribution >= 0.6 is 11.3 Å². The van der Waals surface area contributed by atoms with Gasteiger partial charge in [0.1, 0.15) is 17.0 Å². The van der Waals surface area contributed by atoms with E-state index in [9.17, 15) is 9.90 Å². The van der Waals surface area contributed by atoms with Crippen molar-refractivity contribution in [1.29, 1.82) is 0 Å². The van der Waals surface area contributed by atoms with E-state index < -0.39 is 11.5 Å². The van der Waals surface area contributed by atoms with E-state index in [0.29, 0.717) is 11.4 Å². The molecule has 1 atom stereocenters. The maximum Gasteiger partial charge on any atom is 0.333 e. The second-order valence-electron chi connectivity index (χ2n) is 4.78. The number of aliphatic carboxylic acids is 1. The van der Waals surface area contributed by atoms with Gasteiger partial charge in [-0.25, -0.2) is 14.8 Å². The molecule has 0 saturated heterocycles. The molecule has 2 aromatic heterocycles. The van der Waals surface area contributed by atoms with Crippen molar-refractivity contribution in [1.82, 2.24) is 9.97 Å². The summed E-state index contributed by atoms with van der Waals surface area (Å²) in [4.78, 5) is 21.0. The summed E-state index contributed by atoms with van der Waals surface area (Å²) in [5.41, 5.74) is -0.593. The number of thiophene rings is 1. The van der Waals surface area contributed by atoms with Crippen molar-refractivity contribution in [2.45, 2.75) is 12.5 Å². The lowest BCUT2D eigenvalue weighted by Gasteiger charge is -2.27. The van der Waals surface area contributed by atoms with Crippen molar-refractivity contribution in [3.63, 3.8) is 0 Å². The lowest BCUT2D eigenvalue weighted by Crippen LogP contribution is -2.40. The predicted molar refractivity (Wildman–Crippen MR) is 82.5 cm³/mol. The standard InChI is InChI=1S/C15H13N3O2S/c1-15(14(19)20,10-5-3-2-4-6-10)18-12-11-7-8-21-13(11)17-9-16-12/h2-9H,1H3,(H,19,20)(H,16,17,18). The van der Waals surface area contributed by atoms with Gasteiger partial charge in [-0.1, -0.05) is 30.3 Å². The van der Waals surface area contributed by atoms with E-state index in [0.717, 1.165) is 10.2 Å². The van der Waals surface area contributed by atoms with Crippen molar-refractivity contribution in [2.24, 2.45) is 0 Å². The number of carbonyl (C=O) groups is 1. The van der Waals surface area contributed by atoms with E-state index in [1.165, 1.54) is 17.7 Å². The quantitative estimate of drug-likeness (QED) is 0.774. The number of fused-ring (bicyclic) bond motifs is 1. The molecule has 1 aromatic carbocycles. The summed E-state index contributed by atoms with van der Waals surface area (Å²) < 4.78 is 0. The van der Waals surface area contributed by atoms with Crippen molar-refractivity contribution < 1.29 is 9.90 Å². The van der Waals surface area contributed by atoms with Crippen LogP contribution in [0.5, 0.6) is 0 Å². The Kier molecular flexibility index (Phi) is 3.31. The molecule has 1 unspecified atom stereocenters. The lowest BCUT2D eigenvalue weighted by molar-refractivity contribution is -0.142. The van der Waals surface area contributed by atoms with E-state index in [1.807, 2.05) is 29.6 Å². The van der Waals surface area contributed by atoms with Gasteiger partial charge in [0.25, 0.3) is 0 Å². The number of nitrogens with zero attached hydrogens (tertiary/aromatic N) is 2. The van der Waals surface area contributed by atoms with Gasteiger partial charge in [-0.3, -0.25) is 0 Å². The number of rotatable bonds is 4. The molecule has 0 spiro atoms. The highest BCUT2D eigenvalue weighted by atomic mass is 32.1. The maximum absolute atomic E-state index is 11.8. The molecule has 106 valence electrons. The molecule has 5 nitrogen and oxygen atoms in total. The highest BCUT2D eigenvalue weighted by molar-refractivity contribution is 7.16. The number of nitrogens with one attached hydrogen (secondary N) is 1. The largest absolute Gasteiger partial charge is 0.479 e. The molecule has 0 aliphatic carbocycles. The molecule has 0 aliphatic rings. The Bertz CT molecular complexity index is 788. The van der Waals surface area contributed by atoms with Gasteiger partial charge in [0.05, 0.1) is 5.39 Å². The molecule has 0 bridgehead atoms. The summed E-state index contributed by atoms with van der Waals surface area (Å²) in [6, 6.07) is 10.9. The number of benzene rings is 1. The highest BCUT2D eigenvalue weighted by Crippen LogP contribution is 2.30. The molecule has 0 amide bonds. The first-order valence-electron chi connectivity index (χ1n) is 6.36. The summed E-state index contributed by atoms with van der Waals surface area (Å²) in [5.74, 6) is -0.439. The molecule has 3 aromatic rings. The maximum atomic E-state index is 11.8. The number of carboxylic acids is 1. The summed E-state index contributed by atoms with van der Waals surface area (Å²) >= 11 is 1.49. The molecule has 3 rings (SSSR count). The zero-order valence-electron chi connectivity index (χ0n) is 11.3. The first-order valence-corrected chi connectivity index (χ1v) is 7.24. The Morgan fingerprint density at radius 1 is 1.24 bits per heavy atom. The molecule has 2 N–H and O–H groups in total. The van der Waals surface area contributed by atoms with Crippen LogP contribution in [0.1, 0.15) is 12.5 Å². The third kappa shape index (κ3) is 2.34. The van der Waals surface area contributed by atoms with Crippen molar-refractivity contribution in [3.8, 4) is 0 Å². The first kappa shape index (κ1) is 13.5. The first-order chi connectivity index (χ1) is 10.1. The van der Waals surface area contributed by atoms with Gasteiger partial charge in [0.15, 0.2) is 5.54 Å². The second kappa shape index (κ2) is 5.14. The van der Waals surface area contributed by atoms with Gasteiger partial charge < -0.3 is 10.4 Å². The molecule has 6 heteroatoms. The van der Waals surface area contributed by atoms with Crippen LogP contribution in [0.4, 0.5) is 5.82 Å². The Hall–Kier alpha value is -2.47. The van der Waals surface area contributed by atoms with Crippen LogP contribution in [0.15, 0.2) is 48.1 Å².